The quantitative estimate of drug-likeness (QED) is 0.893. The van der Waals surface area contributed by atoms with Crippen LogP contribution >= 0.6 is 0 Å². The average molecular weight is 300 g/mol. The van der Waals surface area contributed by atoms with Crippen LogP contribution in [0.5, 0.6) is 5.75 Å². The molecule has 2 aromatic rings. The highest BCUT2D eigenvalue weighted by Gasteiger charge is 2.28. The van der Waals surface area contributed by atoms with E-state index in [-0.39, 0.29) is 11.2 Å². The van der Waals surface area contributed by atoms with Gasteiger partial charge in [-0.2, -0.15) is 5.10 Å². The first-order valence-electron chi connectivity index (χ1n) is 7.81. The summed E-state index contributed by atoms with van der Waals surface area (Å²) in [5.41, 5.74) is 2.96. The number of nitrogens with zero attached hydrogens (tertiary/aromatic N) is 3. The van der Waals surface area contributed by atoms with Crippen LogP contribution in [-0.4, -0.2) is 41.1 Å². The lowest BCUT2D eigenvalue weighted by molar-refractivity contribution is 0.465. The third kappa shape index (κ3) is 2.68. The normalized spacial score (nSPS) is 16.0. The number of para-hydroxylation sites is 2. The number of phenolic OH excluding ortho intramolecular Hbond substituents is 1. The Morgan fingerprint density at radius 2 is 1.77 bits per heavy atom. The average Bonchev–Trinajstić information content (AvgIpc) is 2.93. The van der Waals surface area contributed by atoms with Crippen molar-refractivity contribution in [2.45, 2.75) is 26.2 Å². The lowest BCUT2D eigenvalue weighted by Gasteiger charge is -2.32. The smallest absolute Gasteiger partial charge is 0.141 e. The molecule has 1 saturated heterocycles. The summed E-state index contributed by atoms with van der Waals surface area (Å²) in [4.78, 5) is 2.38. The number of nitrogens with one attached hydrogen (secondary N) is 1. The minimum Gasteiger partial charge on any atom is -0.506 e. The summed E-state index contributed by atoms with van der Waals surface area (Å²) in [7, 11) is 0. The number of aromatic hydroxyl groups is 1. The summed E-state index contributed by atoms with van der Waals surface area (Å²) in [5, 5.41) is 18.2. The lowest BCUT2D eigenvalue weighted by atomic mass is 9.90. The Morgan fingerprint density at radius 3 is 2.41 bits per heavy atom. The molecule has 0 radical (unpaired) electrons. The van der Waals surface area contributed by atoms with Crippen LogP contribution in [-0.2, 0) is 5.41 Å². The lowest BCUT2D eigenvalue weighted by Crippen LogP contribution is -2.44. The van der Waals surface area contributed by atoms with E-state index < -0.39 is 0 Å². The molecule has 1 aliphatic rings. The molecule has 2 N–H and O–H groups in total. The van der Waals surface area contributed by atoms with Gasteiger partial charge >= 0.3 is 0 Å². The fourth-order valence-electron chi connectivity index (χ4n) is 3.00. The summed E-state index contributed by atoms with van der Waals surface area (Å²) in [6.45, 7) is 10.5. The number of hydrogen-bond donors (Lipinski definition) is 2. The van der Waals surface area contributed by atoms with E-state index in [1.165, 1.54) is 0 Å². The minimum absolute atomic E-state index is 0.0704. The van der Waals surface area contributed by atoms with Crippen LogP contribution in [0.4, 0.5) is 5.69 Å². The van der Waals surface area contributed by atoms with Gasteiger partial charge in [0.2, 0.25) is 0 Å². The minimum atomic E-state index is -0.0704. The summed E-state index contributed by atoms with van der Waals surface area (Å²) in [6.07, 6.45) is 1.93. The Hall–Kier alpha value is -2.01. The van der Waals surface area contributed by atoms with Gasteiger partial charge in [0.1, 0.15) is 11.4 Å². The Morgan fingerprint density at radius 1 is 1.09 bits per heavy atom. The monoisotopic (exact) mass is 300 g/mol. The molecule has 0 unspecified atom stereocenters. The highest BCUT2D eigenvalue weighted by atomic mass is 16.3. The van der Waals surface area contributed by atoms with Gasteiger partial charge < -0.3 is 15.3 Å². The molecule has 0 saturated carbocycles. The molecule has 5 nitrogen and oxygen atoms in total. The second-order valence-electron chi connectivity index (χ2n) is 6.77. The number of anilines is 1. The molecule has 0 amide bonds. The van der Waals surface area contributed by atoms with Gasteiger partial charge in [0.25, 0.3) is 0 Å². The van der Waals surface area contributed by atoms with Gasteiger partial charge in [-0.1, -0.05) is 32.9 Å². The van der Waals surface area contributed by atoms with Crippen LogP contribution < -0.4 is 10.2 Å². The zero-order valence-electron chi connectivity index (χ0n) is 13.5. The predicted octanol–water partition coefficient (Wildman–Crippen LogP) is 2.29. The van der Waals surface area contributed by atoms with E-state index in [4.69, 9.17) is 0 Å². The molecule has 0 bridgehead atoms. The zero-order chi connectivity index (χ0) is 15.7. The number of rotatable bonds is 2. The van der Waals surface area contributed by atoms with Gasteiger partial charge in [-0.15, -0.1) is 0 Å². The summed E-state index contributed by atoms with van der Waals surface area (Å²) < 4.78 is 1.88. The maximum atomic E-state index is 10.2. The maximum absolute atomic E-state index is 10.2. The topological polar surface area (TPSA) is 53.3 Å². The molecular weight excluding hydrogens is 276 g/mol. The second-order valence-corrected chi connectivity index (χ2v) is 6.77. The van der Waals surface area contributed by atoms with Crippen LogP contribution in [0, 0.1) is 0 Å². The van der Waals surface area contributed by atoms with Crippen molar-refractivity contribution in [3.8, 4) is 11.4 Å². The Balaban J connectivity index is 2.12. The summed E-state index contributed by atoms with van der Waals surface area (Å²) >= 11 is 0. The van der Waals surface area contributed by atoms with Gasteiger partial charge in [0.15, 0.2) is 0 Å². The summed E-state index contributed by atoms with van der Waals surface area (Å²) in [5.74, 6) is 0.253. The largest absolute Gasteiger partial charge is 0.506 e. The third-order valence-electron chi connectivity index (χ3n) is 4.03. The molecular formula is C17H24N4O. The van der Waals surface area contributed by atoms with E-state index >= 15 is 0 Å². The van der Waals surface area contributed by atoms with Crippen molar-refractivity contribution in [3.63, 3.8) is 0 Å². The fourth-order valence-corrected chi connectivity index (χ4v) is 3.00. The first-order valence-corrected chi connectivity index (χ1v) is 7.81. The first kappa shape index (κ1) is 14.9. The van der Waals surface area contributed by atoms with Crippen molar-refractivity contribution in [1.29, 1.82) is 0 Å². The second kappa shape index (κ2) is 5.65. The Bertz CT molecular complexity index is 651. The number of hydrogen-bond acceptors (Lipinski definition) is 4. The standard InChI is InChI=1S/C17H24N4O/c1-17(2,3)16-14(20-10-8-18-9-11-20)12-19-21(16)13-6-4-5-7-15(13)22/h4-7,12,18,22H,8-11H2,1-3H3. The molecule has 1 fully saturated rings. The number of piperazine rings is 1. The molecule has 2 heterocycles. The molecule has 1 aromatic heterocycles. The molecule has 0 atom stereocenters. The molecule has 118 valence electrons. The van der Waals surface area contributed by atoms with Crippen molar-refractivity contribution in [2.75, 3.05) is 31.1 Å². The third-order valence-corrected chi connectivity index (χ3v) is 4.03. The Labute approximate surface area is 131 Å². The maximum Gasteiger partial charge on any atom is 0.141 e. The molecule has 1 aliphatic heterocycles. The molecule has 0 aliphatic carbocycles. The predicted molar refractivity (Wildman–Crippen MR) is 89.0 cm³/mol. The molecule has 0 spiro atoms. The van der Waals surface area contributed by atoms with Gasteiger partial charge in [-0.05, 0) is 12.1 Å². The van der Waals surface area contributed by atoms with Gasteiger partial charge in [-0.25, -0.2) is 4.68 Å². The molecule has 1 aromatic carbocycles. The molecule has 3 rings (SSSR count). The van der Waals surface area contributed by atoms with Crippen molar-refractivity contribution < 1.29 is 5.11 Å². The fraction of sp³-hybridized carbons (Fsp3) is 0.471. The van der Waals surface area contributed by atoms with Crippen LogP contribution in [0.25, 0.3) is 5.69 Å². The van der Waals surface area contributed by atoms with E-state index in [2.05, 4.69) is 36.1 Å². The van der Waals surface area contributed by atoms with Crippen LogP contribution in [0.3, 0.4) is 0 Å². The summed E-state index contributed by atoms with van der Waals surface area (Å²) in [6, 6.07) is 7.36. The van der Waals surface area contributed by atoms with E-state index in [1.807, 2.05) is 29.1 Å². The zero-order valence-corrected chi connectivity index (χ0v) is 13.5. The number of phenols is 1. The van der Waals surface area contributed by atoms with Crippen molar-refractivity contribution in [3.05, 3.63) is 36.2 Å². The van der Waals surface area contributed by atoms with Crippen molar-refractivity contribution in [1.82, 2.24) is 15.1 Å². The highest BCUT2D eigenvalue weighted by molar-refractivity contribution is 5.57. The van der Waals surface area contributed by atoms with E-state index in [0.717, 1.165) is 43.2 Å². The Kier molecular flexibility index (Phi) is 3.83. The van der Waals surface area contributed by atoms with E-state index in [9.17, 15) is 5.11 Å². The van der Waals surface area contributed by atoms with E-state index in [1.54, 1.807) is 6.07 Å². The van der Waals surface area contributed by atoms with Crippen molar-refractivity contribution >= 4 is 5.69 Å². The van der Waals surface area contributed by atoms with Gasteiger partial charge in [-0.3, -0.25) is 0 Å². The number of benzene rings is 1. The molecule has 5 heteroatoms. The van der Waals surface area contributed by atoms with Crippen LogP contribution in [0.2, 0.25) is 0 Å². The first-order chi connectivity index (χ1) is 10.5. The van der Waals surface area contributed by atoms with Crippen LogP contribution in [0.15, 0.2) is 30.5 Å². The van der Waals surface area contributed by atoms with Gasteiger partial charge in [0, 0.05) is 31.6 Å². The van der Waals surface area contributed by atoms with E-state index in [0.29, 0.717) is 0 Å². The number of aromatic nitrogens is 2. The SMILES string of the molecule is CC(C)(C)c1c(N2CCNCC2)cnn1-c1ccccc1O. The van der Waals surface area contributed by atoms with Gasteiger partial charge in [0.05, 0.1) is 17.6 Å². The highest BCUT2D eigenvalue weighted by Crippen LogP contribution is 2.35. The van der Waals surface area contributed by atoms with Crippen molar-refractivity contribution in [2.24, 2.45) is 0 Å². The van der Waals surface area contributed by atoms with Crippen LogP contribution in [0.1, 0.15) is 26.5 Å². The molecule has 22 heavy (non-hydrogen) atoms.